The van der Waals surface area contributed by atoms with Crippen LogP contribution in [0.3, 0.4) is 0 Å². The second-order valence-corrected chi connectivity index (χ2v) is 7.81. The molecule has 1 aromatic carbocycles. The van der Waals surface area contributed by atoms with Gasteiger partial charge in [0.25, 0.3) is 0 Å². The summed E-state index contributed by atoms with van der Waals surface area (Å²) in [5.41, 5.74) is 7.22. The molecule has 1 atom stereocenters. The summed E-state index contributed by atoms with van der Waals surface area (Å²) >= 11 is 3.37. The zero-order valence-corrected chi connectivity index (χ0v) is 13.9. The van der Waals surface area contributed by atoms with Crippen LogP contribution in [0.25, 0.3) is 0 Å². The number of benzene rings is 1. The standard InChI is InChI=1S/C13H20BrN3O2S/c1-10-5-12(14)7-13(6-10)16-20(18,19)17-4-2-3-11(8-15)9-17/h5-7,11,16H,2-4,8-9,15H2,1H3. The van der Waals surface area contributed by atoms with Gasteiger partial charge in [0.05, 0.1) is 5.69 Å². The number of anilines is 1. The van der Waals surface area contributed by atoms with E-state index in [2.05, 4.69) is 20.7 Å². The highest BCUT2D eigenvalue weighted by Crippen LogP contribution is 2.23. The molecular weight excluding hydrogens is 342 g/mol. The third-order valence-electron chi connectivity index (χ3n) is 3.44. The number of hydrogen-bond acceptors (Lipinski definition) is 3. The Balaban J connectivity index is 2.14. The van der Waals surface area contributed by atoms with Crippen LogP contribution < -0.4 is 10.5 Å². The maximum Gasteiger partial charge on any atom is 0.301 e. The van der Waals surface area contributed by atoms with Crippen LogP contribution in [0.2, 0.25) is 0 Å². The lowest BCUT2D eigenvalue weighted by Gasteiger charge is -2.31. The zero-order valence-electron chi connectivity index (χ0n) is 11.5. The Hall–Kier alpha value is -0.630. The van der Waals surface area contributed by atoms with Crippen LogP contribution in [0, 0.1) is 12.8 Å². The van der Waals surface area contributed by atoms with Gasteiger partial charge in [0.15, 0.2) is 0 Å². The van der Waals surface area contributed by atoms with Gasteiger partial charge < -0.3 is 5.73 Å². The van der Waals surface area contributed by atoms with Gasteiger partial charge >= 0.3 is 10.2 Å². The molecule has 1 aliphatic heterocycles. The Morgan fingerprint density at radius 1 is 1.45 bits per heavy atom. The quantitative estimate of drug-likeness (QED) is 0.861. The monoisotopic (exact) mass is 361 g/mol. The third-order valence-corrected chi connectivity index (χ3v) is 5.41. The first-order valence-electron chi connectivity index (χ1n) is 6.66. The number of nitrogens with one attached hydrogen (secondary N) is 1. The SMILES string of the molecule is Cc1cc(Br)cc(NS(=O)(=O)N2CCCC(CN)C2)c1. The fraction of sp³-hybridized carbons (Fsp3) is 0.538. The molecule has 20 heavy (non-hydrogen) atoms. The van der Waals surface area contributed by atoms with E-state index in [1.165, 1.54) is 4.31 Å². The molecule has 1 heterocycles. The van der Waals surface area contributed by atoms with Crippen LogP contribution in [0.4, 0.5) is 5.69 Å². The van der Waals surface area contributed by atoms with E-state index in [0.717, 1.165) is 22.9 Å². The molecule has 0 aromatic heterocycles. The van der Waals surface area contributed by atoms with Gasteiger partial charge in [-0.15, -0.1) is 0 Å². The highest BCUT2D eigenvalue weighted by atomic mass is 79.9. The van der Waals surface area contributed by atoms with E-state index < -0.39 is 10.2 Å². The van der Waals surface area contributed by atoms with Gasteiger partial charge in [-0.05, 0) is 56.0 Å². The van der Waals surface area contributed by atoms with Gasteiger partial charge in [-0.25, -0.2) is 0 Å². The molecule has 0 amide bonds. The van der Waals surface area contributed by atoms with Gasteiger partial charge in [0.1, 0.15) is 0 Å². The van der Waals surface area contributed by atoms with Gasteiger partial charge in [-0.1, -0.05) is 15.9 Å². The summed E-state index contributed by atoms with van der Waals surface area (Å²) < 4.78 is 29.8. The molecule has 1 aliphatic rings. The lowest BCUT2D eigenvalue weighted by molar-refractivity contribution is 0.273. The molecule has 0 radical (unpaired) electrons. The first-order chi connectivity index (χ1) is 9.40. The smallest absolute Gasteiger partial charge is 0.301 e. The Morgan fingerprint density at radius 2 is 2.20 bits per heavy atom. The lowest BCUT2D eigenvalue weighted by atomic mass is 10.0. The topological polar surface area (TPSA) is 75.4 Å². The van der Waals surface area contributed by atoms with E-state index in [-0.39, 0.29) is 5.92 Å². The van der Waals surface area contributed by atoms with Crippen molar-refractivity contribution in [2.24, 2.45) is 11.7 Å². The van der Waals surface area contributed by atoms with Crippen LogP contribution in [-0.2, 0) is 10.2 Å². The van der Waals surface area contributed by atoms with Gasteiger partial charge in [0, 0.05) is 17.6 Å². The number of nitrogens with two attached hydrogens (primary N) is 1. The highest BCUT2D eigenvalue weighted by Gasteiger charge is 2.28. The van der Waals surface area contributed by atoms with Crippen molar-refractivity contribution in [2.75, 3.05) is 24.4 Å². The van der Waals surface area contributed by atoms with E-state index >= 15 is 0 Å². The minimum absolute atomic E-state index is 0.254. The summed E-state index contributed by atoms with van der Waals surface area (Å²) in [6, 6.07) is 5.50. The first-order valence-corrected chi connectivity index (χ1v) is 8.89. The second-order valence-electron chi connectivity index (χ2n) is 5.23. The van der Waals surface area contributed by atoms with Gasteiger partial charge in [0.2, 0.25) is 0 Å². The number of aryl methyl sites for hydroxylation is 1. The Bertz CT molecular complexity index is 557. The molecule has 1 aromatic rings. The third kappa shape index (κ3) is 3.94. The van der Waals surface area contributed by atoms with Crippen molar-refractivity contribution in [3.63, 3.8) is 0 Å². The summed E-state index contributed by atoms with van der Waals surface area (Å²) in [4.78, 5) is 0. The number of piperidine rings is 1. The zero-order chi connectivity index (χ0) is 14.8. The largest absolute Gasteiger partial charge is 0.330 e. The summed E-state index contributed by atoms with van der Waals surface area (Å²) in [6.45, 7) is 3.51. The van der Waals surface area contributed by atoms with Crippen molar-refractivity contribution >= 4 is 31.8 Å². The molecule has 3 N–H and O–H groups in total. The average Bonchev–Trinajstić information content (AvgIpc) is 2.37. The van der Waals surface area contributed by atoms with Crippen LogP contribution in [0.1, 0.15) is 18.4 Å². The normalized spacial score (nSPS) is 20.9. The Morgan fingerprint density at radius 3 is 2.85 bits per heavy atom. The molecule has 0 saturated carbocycles. The highest BCUT2D eigenvalue weighted by molar-refractivity contribution is 9.10. The molecule has 0 bridgehead atoms. The van der Waals surface area contributed by atoms with Crippen molar-refractivity contribution in [2.45, 2.75) is 19.8 Å². The van der Waals surface area contributed by atoms with Crippen molar-refractivity contribution in [3.8, 4) is 0 Å². The predicted octanol–water partition coefficient (Wildman–Crippen LogP) is 2.08. The number of nitrogens with zero attached hydrogens (tertiary/aromatic N) is 1. The predicted molar refractivity (Wildman–Crippen MR) is 84.8 cm³/mol. The average molecular weight is 362 g/mol. The van der Waals surface area contributed by atoms with E-state index in [9.17, 15) is 8.42 Å². The Kier molecular flexibility index (Phi) is 5.06. The molecule has 0 spiro atoms. The fourth-order valence-electron chi connectivity index (χ4n) is 2.45. The van der Waals surface area contributed by atoms with Crippen LogP contribution >= 0.6 is 15.9 Å². The van der Waals surface area contributed by atoms with E-state index in [1.807, 2.05) is 19.1 Å². The van der Waals surface area contributed by atoms with Crippen molar-refractivity contribution in [1.29, 1.82) is 0 Å². The maximum atomic E-state index is 12.4. The number of rotatable bonds is 4. The minimum Gasteiger partial charge on any atom is -0.330 e. The molecule has 112 valence electrons. The van der Waals surface area contributed by atoms with Crippen molar-refractivity contribution < 1.29 is 8.42 Å². The number of halogens is 1. The summed E-state index contributed by atoms with van der Waals surface area (Å²) in [5, 5.41) is 0. The van der Waals surface area contributed by atoms with Crippen LogP contribution in [0.5, 0.6) is 0 Å². The molecular formula is C13H20BrN3O2S. The molecule has 1 fully saturated rings. The molecule has 1 unspecified atom stereocenters. The molecule has 2 rings (SSSR count). The number of hydrogen-bond donors (Lipinski definition) is 2. The first kappa shape index (κ1) is 15.8. The summed E-state index contributed by atoms with van der Waals surface area (Å²) in [5.74, 6) is 0.254. The van der Waals surface area contributed by atoms with Crippen LogP contribution in [0.15, 0.2) is 22.7 Å². The van der Waals surface area contributed by atoms with Crippen LogP contribution in [-0.4, -0.2) is 32.4 Å². The molecule has 1 saturated heterocycles. The van der Waals surface area contributed by atoms with E-state index in [4.69, 9.17) is 5.73 Å². The van der Waals surface area contributed by atoms with Crippen molar-refractivity contribution in [3.05, 3.63) is 28.2 Å². The Labute approximate surface area is 128 Å². The van der Waals surface area contributed by atoms with Crippen molar-refractivity contribution in [1.82, 2.24) is 4.31 Å². The lowest BCUT2D eigenvalue weighted by Crippen LogP contribution is -2.44. The maximum absolute atomic E-state index is 12.4. The molecule has 0 aliphatic carbocycles. The molecule has 5 nitrogen and oxygen atoms in total. The van der Waals surface area contributed by atoms with Gasteiger partial charge in [-0.3, -0.25) is 4.72 Å². The fourth-order valence-corrected chi connectivity index (χ4v) is 4.38. The minimum atomic E-state index is -3.51. The molecule has 7 heteroatoms. The summed E-state index contributed by atoms with van der Waals surface area (Å²) in [7, 11) is -3.51. The second kappa shape index (κ2) is 6.43. The van der Waals surface area contributed by atoms with E-state index in [0.29, 0.717) is 25.3 Å². The summed E-state index contributed by atoms with van der Waals surface area (Å²) in [6.07, 6.45) is 1.86. The van der Waals surface area contributed by atoms with E-state index in [1.54, 1.807) is 6.07 Å². The van der Waals surface area contributed by atoms with Gasteiger partial charge in [-0.2, -0.15) is 12.7 Å².